The second-order valence-corrected chi connectivity index (χ2v) is 10.9. The molecule has 198 valence electrons. The maximum absolute atomic E-state index is 14.1. The molecule has 0 spiro atoms. The van der Waals surface area contributed by atoms with Gasteiger partial charge in [-0.15, -0.1) is 12.4 Å². The van der Waals surface area contributed by atoms with Gasteiger partial charge in [-0.25, -0.2) is 0 Å². The zero-order valence-electron chi connectivity index (χ0n) is 22.0. The molecule has 0 bridgehead atoms. The maximum atomic E-state index is 14.1. The molecule has 37 heavy (non-hydrogen) atoms. The number of hydrogen-bond acceptors (Lipinski definition) is 4. The lowest BCUT2D eigenvalue weighted by molar-refractivity contribution is -0.120. The van der Waals surface area contributed by atoms with Crippen LogP contribution in [0, 0.1) is 5.92 Å². The van der Waals surface area contributed by atoms with Crippen LogP contribution < -0.4 is 4.90 Å². The molecule has 3 aromatic rings. The molecule has 6 nitrogen and oxygen atoms in total. The molecule has 1 amide bonds. The number of phenolic OH excluding ortho intramolecular Hbond substituents is 1. The van der Waals surface area contributed by atoms with Crippen molar-refractivity contribution in [3.8, 4) is 5.75 Å². The van der Waals surface area contributed by atoms with Gasteiger partial charge in [-0.2, -0.15) is 5.10 Å². The van der Waals surface area contributed by atoms with Crippen LogP contribution in [-0.4, -0.2) is 25.8 Å². The van der Waals surface area contributed by atoms with E-state index in [4.69, 9.17) is 0 Å². The zero-order chi connectivity index (χ0) is 25.1. The molecule has 0 radical (unpaired) electrons. The number of anilines is 1. The average Bonchev–Trinajstić information content (AvgIpc) is 3.34. The number of aromatic nitrogens is 3. The number of phenols is 1. The molecule has 1 fully saturated rings. The molecule has 2 aliphatic rings. The van der Waals surface area contributed by atoms with E-state index in [0.29, 0.717) is 24.1 Å². The topological polar surface area (TPSA) is 71.2 Å². The second kappa shape index (κ2) is 12.1. The number of nitrogens with zero attached hydrogens (tertiary/aromatic N) is 4. The molecule has 2 heterocycles. The van der Waals surface area contributed by atoms with Crippen LogP contribution in [0.1, 0.15) is 93.0 Å². The quantitative estimate of drug-likeness (QED) is 0.372. The van der Waals surface area contributed by atoms with Crippen LogP contribution in [0.2, 0.25) is 0 Å². The van der Waals surface area contributed by atoms with Gasteiger partial charge in [0.2, 0.25) is 5.91 Å². The third-order valence-corrected chi connectivity index (χ3v) is 7.92. The van der Waals surface area contributed by atoms with Gasteiger partial charge in [0, 0.05) is 24.0 Å². The number of carbonyl (C=O) groups excluding carboxylic acids is 1. The van der Waals surface area contributed by atoms with E-state index in [2.05, 4.69) is 34.8 Å². The lowest BCUT2D eigenvalue weighted by atomic mass is 9.81. The highest BCUT2D eigenvalue weighted by atomic mass is 35.5. The third-order valence-electron chi connectivity index (χ3n) is 7.92. The van der Waals surface area contributed by atoms with E-state index in [9.17, 15) is 9.90 Å². The fourth-order valence-corrected chi connectivity index (χ4v) is 5.87. The molecular weight excluding hydrogens is 484 g/mol. The molecule has 1 unspecified atom stereocenters. The number of amides is 1. The summed E-state index contributed by atoms with van der Waals surface area (Å²) < 4.78 is 2.06. The Labute approximate surface area is 226 Å². The zero-order valence-corrected chi connectivity index (χ0v) is 22.8. The highest BCUT2D eigenvalue weighted by Gasteiger charge is 2.32. The van der Waals surface area contributed by atoms with Gasteiger partial charge in [-0.1, -0.05) is 45.2 Å². The molecule has 7 heteroatoms. The van der Waals surface area contributed by atoms with E-state index in [1.54, 1.807) is 6.07 Å². The summed E-state index contributed by atoms with van der Waals surface area (Å²) in [5, 5.41) is 15.1. The number of halogens is 1. The van der Waals surface area contributed by atoms with Gasteiger partial charge in [-0.05, 0) is 73.3 Å². The van der Waals surface area contributed by atoms with Crippen molar-refractivity contribution in [2.24, 2.45) is 5.92 Å². The highest BCUT2D eigenvalue weighted by Crippen LogP contribution is 2.38. The SMILES string of the molecule is CC(C)c1ccc(N(Cc2cnn(CC3CCCCC3)c2)C(=O)C2CCCc3c(O)cccc32)cn1.Cl. The Hall–Kier alpha value is -2.86. The Morgan fingerprint density at radius 2 is 1.89 bits per heavy atom. The van der Waals surface area contributed by atoms with E-state index < -0.39 is 0 Å². The molecule has 1 N–H and O–H groups in total. The standard InChI is InChI=1S/C30H38N4O2.ClH/c1-21(2)28-15-14-24(17-31-28)34(20-23-16-32-33(19-23)18-22-8-4-3-5-9-22)30(36)27-12-6-11-26-25(27)10-7-13-29(26)35;/h7,10,13-17,19,21-22,27,35H,3-6,8-9,11-12,18,20H2,1-2H3;1H. The number of benzene rings is 1. The molecule has 5 rings (SSSR count). The van der Waals surface area contributed by atoms with E-state index in [-0.39, 0.29) is 24.2 Å². The monoisotopic (exact) mass is 522 g/mol. The lowest BCUT2D eigenvalue weighted by Crippen LogP contribution is -2.36. The molecule has 1 saturated carbocycles. The molecule has 2 aromatic heterocycles. The minimum Gasteiger partial charge on any atom is -0.508 e. The first-order valence-electron chi connectivity index (χ1n) is 13.6. The Morgan fingerprint density at radius 1 is 1.08 bits per heavy atom. The third kappa shape index (κ3) is 6.18. The van der Waals surface area contributed by atoms with E-state index in [1.165, 1.54) is 32.1 Å². The van der Waals surface area contributed by atoms with Crippen LogP contribution >= 0.6 is 12.4 Å². The van der Waals surface area contributed by atoms with Crippen molar-refractivity contribution in [3.63, 3.8) is 0 Å². The van der Waals surface area contributed by atoms with Gasteiger partial charge >= 0.3 is 0 Å². The van der Waals surface area contributed by atoms with Crippen molar-refractivity contribution in [1.82, 2.24) is 14.8 Å². The van der Waals surface area contributed by atoms with Crippen molar-refractivity contribution in [1.29, 1.82) is 0 Å². The fraction of sp³-hybridized carbons (Fsp3) is 0.500. The van der Waals surface area contributed by atoms with Gasteiger partial charge in [-0.3, -0.25) is 14.5 Å². The predicted octanol–water partition coefficient (Wildman–Crippen LogP) is 6.76. The number of fused-ring (bicyclic) bond motifs is 1. The Balaban J connectivity index is 0.00000320. The van der Waals surface area contributed by atoms with Crippen molar-refractivity contribution in [2.75, 3.05) is 4.90 Å². The second-order valence-electron chi connectivity index (χ2n) is 10.9. The minimum absolute atomic E-state index is 0. The van der Waals surface area contributed by atoms with Crippen LogP contribution in [-0.2, 0) is 24.3 Å². The summed E-state index contributed by atoms with van der Waals surface area (Å²) in [5.74, 6) is 1.10. The normalized spacial score (nSPS) is 17.8. The van der Waals surface area contributed by atoms with Gasteiger partial charge in [0.15, 0.2) is 0 Å². The molecule has 0 saturated heterocycles. The predicted molar refractivity (Wildman–Crippen MR) is 149 cm³/mol. The fourth-order valence-electron chi connectivity index (χ4n) is 5.87. The summed E-state index contributed by atoms with van der Waals surface area (Å²) in [4.78, 5) is 20.6. The van der Waals surface area contributed by atoms with Crippen molar-refractivity contribution < 1.29 is 9.90 Å². The summed E-state index contributed by atoms with van der Waals surface area (Å²) in [5.41, 5.74) is 4.71. The number of rotatable bonds is 7. The van der Waals surface area contributed by atoms with Crippen LogP contribution in [0.3, 0.4) is 0 Å². The van der Waals surface area contributed by atoms with E-state index in [1.807, 2.05) is 41.6 Å². The summed E-state index contributed by atoms with van der Waals surface area (Å²) in [7, 11) is 0. The van der Waals surface area contributed by atoms with Crippen molar-refractivity contribution >= 4 is 24.0 Å². The smallest absolute Gasteiger partial charge is 0.234 e. The first kappa shape index (κ1) is 27.2. The van der Waals surface area contributed by atoms with Crippen LogP contribution in [0.25, 0.3) is 0 Å². The number of hydrogen-bond donors (Lipinski definition) is 1. The van der Waals surface area contributed by atoms with Crippen molar-refractivity contribution in [3.05, 3.63) is 71.3 Å². The Morgan fingerprint density at radius 3 is 2.62 bits per heavy atom. The van der Waals surface area contributed by atoms with Crippen molar-refractivity contribution in [2.45, 2.75) is 90.1 Å². The molecule has 1 atom stereocenters. The first-order chi connectivity index (χ1) is 17.5. The van der Waals surface area contributed by atoms with E-state index in [0.717, 1.165) is 53.9 Å². The maximum Gasteiger partial charge on any atom is 0.234 e. The summed E-state index contributed by atoms with van der Waals surface area (Å²) in [6.45, 7) is 5.65. The van der Waals surface area contributed by atoms with Crippen LogP contribution in [0.15, 0.2) is 48.9 Å². The summed E-state index contributed by atoms with van der Waals surface area (Å²) >= 11 is 0. The summed E-state index contributed by atoms with van der Waals surface area (Å²) in [6.07, 6.45) is 14.9. The summed E-state index contributed by atoms with van der Waals surface area (Å²) in [6, 6.07) is 9.60. The number of aromatic hydroxyl groups is 1. The molecule has 1 aromatic carbocycles. The largest absolute Gasteiger partial charge is 0.508 e. The highest BCUT2D eigenvalue weighted by molar-refractivity contribution is 5.98. The number of carbonyl (C=O) groups is 1. The Bertz CT molecular complexity index is 1180. The molecular formula is C30H39ClN4O2. The first-order valence-corrected chi connectivity index (χ1v) is 13.6. The van der Waals surface area contributed by atoms with Crippen LogP contribution in [0.5, 0.6) is 5.75 Å². The van der Waals surface area contributed by atoms with Gasteiger partial charge in [0.25, 0.3) is 0 Å². The van der Waals surface area contributed by atoms with E-state index >= 15 is 0 Å². The van der Waals surface area contributed by atoms with Gasteiger partial charge in [0.05, 0.1) is 30.5 Å². The lowest BCUT2D eigenvalue weighted by Gasteiger charge is -2.31. The molecule has 0 aliphatic heterocycles. The average molecular weight is 523 g/mol. The molecule has 2 aliphatic carbocycles. The minimum atomic E-state index is -0.275. The van der Waals surface area contributed by atoms with Gasteiger partial charge in [0.1, 0.15) is 5.75 Å². The Kier molecular flexibility index (Phi) is 8.91. The number of pyridine rings is 1. The van der Waals surface area contributed by atoms with Gasteiger partial charge < -0.3 is 10.0 Å². The van der Waals surface area contributed by atoms with Crippen LogP contribution in [0.4, 0.5) is 5.69 Å².